The molecule has 2 rings (SSSR count). The van der Waals surface area contributed by atoms with E-state index in [1.165, 1.54) is 18.7 Å². The van der Waals surface area contributed by atoms with Crippen molar-refractivity contribution >= 4 is 0 Å². The maximum absolute atomic E-state index is 5.97. The number of rotatable bonds is 13. The molecule has 0 atom stereocenters. The van der Waals surface area contributed by atoms with Crippen LogP contribution in [0.3, 0.4) is 0 Å². The minimum absolute atomic E-state index is 0. The lowest BCUT2D eigenvalue weighted by molar-refractivity contribution is -0.946. The summed E-state index contributed by atoms with van der Waals surface area (Å²) >= 11 is 0. The Kier molecular flexibility index (Phi) is 12.0. The van der Waals surface area contributed by atoms with Crippen LogP contribution in [0.2, 0.25) is 0 Å². The number of quaternary nitrogens is 1. The van der Waals surface area contributed by atoms with Crippen molar-refractivity contribution in [2.45, 2.75) is 34.2 Å². The van der Waals surface area contributed by atoms with Crippen LogP contribution in [0, 0.1) is 11.8 Å². The van der Waals surface area contributed by atoms with E-state index in [2.05, 4.69) is 58.0 Å². The molecule has 0 spiro atoms. The van der Waals surface area contributed by atoms with Crippen LogP contribution in [-0.4, -0.2) is 43.9 Å². The summed E-state index contributed by atoms with van der Waals surface area (Å²) in [6, 6.07) is 20.8. The van der Waals surface area contributed by atoms with Gasteiger partial charge in [0.1, 0.15) is 25.4 Å². The zero-order chi connectivity index (χ0) is 20.2. The van der Waals surface area contributed by atoms with E-state index < -0.39 is 0 Å². The van der Waals surface area contributed by atoms with E-state index >= 15 is 0 Å². The Hall–Kier alpha value is -1.55. The van der Waals surface area contributed by atoms with Crippen molar-refractivity contribution in [2.24, 2.45) is 11.8 Å². The van der Waals surface area contributed by atoms with E-state index in [1.807, 2.05) is 30.3 Å². The third-order valence-electron chi connectivity index (χ3n) is 4.82. The summed E-state index contributed by atoms with van der Waals surface area (Å²) in [4.78, 5) is 0. The number of para-hydroxylation sites is 1. The van der Waals surface area contributed by atoms with E-state index in [9.17, 15) is 0 Å². The second kappa shape index (κ2) is 13.6. The Morgan fingerprint density at radius 3 is 1.83 bits per heavy atom. The number of benzene rings is 2. The molecule has 162 valence electrons. The molecule has 0 saturated heterocycles. The molecule has 0 fully saturated rings. The summed E-state index contributed by atoms with van der Waals surface area (Å²) in [7, 11) is 0. The molecule has 2 aromatic carbocycles. The van der Waals surface area contributed by atoms with Crippen LogP contribution in [0.1, 0.15) is 33.3 Å². The van der Waals surface area contributed by atoms with Gasteiger partial charge in [0.25, 0.3) is 0 Å². The van der Waals surface area contributed by atoms with Crippen molar-refractivity contribution < 1.29 is 26.4 Å². The molecule has 0 aromatic heterocycles. The topological polar surface area (TPSA) is 18.5 Å². The summed E-state index contributed by atoms with van der Waals surface area (Å²) < 4.78 is 12.8. The lowest BCUT2D eigenvalue weighted by atomic mass is 10.1. The van der Waals surface area contributed by atoms with Crippen LogP contribution in [0.25, 0.3) is 0 Å². The average Bonchev–Trinajstić information content (AvgIpc) is 2.65. The summed E-state index contributed by atoms with van der Waals surface area (Å²) in [5.41, 5.74) is 1.41. The Labute approximate surface area is 184 Å². The summed E-state index contributed by atoms with van der Waals surface area (Å²) in [5, 5.41) is 0. The van der Waals surface area contributed by atoms with Gasteiger partial charge in [-0.2, -0.15) is 0 Å². The van der Waals surface area contributed by atoms with Crippen molar-refractivity contribution in [2.75, 3.05) is 39.5 Å². The Morgan fingerprint density at radius 1 is 0.724 bits per heavy atom. The van der Waals surface area contributed by atoms with E-state index in [0.717, 1.165) is 29.9 Å². The Morgan fingerprint density at radius 2 is 1.28 bits per heavy atom. The van der Waals surface area contributed by atoms with E-state index in [1.54, 1.807) is 0 Å². The van der Waals surface area contributed by atoms with Crippen LogP contribution < -0.4 is 17.1 Å². The summed E-state index contributed by atoms with van der Waals surface area (Å²) in [5.74, 6) is 2.22. The van der Waals surface area contributed by atoms with Crippen molar-refractivity contribution in [3.05, 3.63) is 66.2 Å². The lowest BCUT2D eigenvalue weighted by Crippen LogP contribution is -3.00. The van der Waals surface area contributed by atoms with E-state index in [-0.39, 0.29) is 12.4 Å². The maximum Gasteiger partial charge on any atom is 0.119 e. The van der Waals surface area contributed by atoms with Gasteiger partial charge in [-0.1, -0.05) is 76.2 Å². The molecule has 0 aliphatic carbocycles. The smallest absolute Gasteiger partial charge is 0.119 e. The quantitative estimate of drug-likeness (QED) is 0.366. The first kappa shape index (κ1) is 25.5. The Balaban J connectivity index is 0.00000420. The fourth-order valence-electron chi connectivity index (χ4n) is 4.08. The fourth-order valence-corrected chi connectivity index (χ4v) is 4.08. The van der Waals surface area contributed by atoms with Crippen LogP contribution in [0.4, 0.5) is 0 Å². The minimum atomic E-state index is 0. The first-order valence-electron chi connectivity index (χ1n) is 10.6. The highest BCUT2D eigenvalue weighted by atomic mass is 35.5. The lowest BCUT2D eigenvalue weighted by Gasteiger charge is -2.41. The van der Waals surface area contributed by atoms with Gasteiger partial charge in [-0.3, -0.25) is 0 Å². The van der Waals surface area contributed by atoms with E-state index in [4.69, 9.17) is 9.47 Å². The van der Waals surface area contributed by atoms with Crippen LogP contribution >= 0.6 is 0 Å². The van der Waals surface area contributed by atoms with Crippen molar-refractivity contribution in [1.29, 1.82) is 0 Å². The van der Waals surface area contributed by atoms with E-state index in [0.29, 0.717) is 25.0 Å². The molecular formula is C25H38ClNO2. The Bertz CT molecular complexity index is 636. The van der Waals surface area contributed by atoms with Gasteiger partial charge in [-0.05, 0) is 12.1 Å². The molecular weight excluding hydrogens is 382 g/mol. The van der Waals surface area contributed by atoms with Gasteiger partial charge >= 0.3 is 0 Å². The highest BCUT2D eigenvalue weighted by molar-refractivity contribution is 5.20. The molecule has 0 unspecified atom stereocenters. The fraction of sp³-hybridized carbons (Fsp3) is 0.520. The standard InChI is InChI=1S/C25H38NO2.ClH/c1-22(2)19-26(20-23(3)4,21-24-11-7-5-8-12-24)15-16-27-17-18-28-25-13-9-6-10-14-25;/h5-14,22-23H,15-21H2,1-4H3;1H/q+1;/p-1. The third kappa shape index (κ3) is 10.2. The number of ether oxygens (including phenoxy) is 2. The normalized spacial score (nSPS) is 11.5. The molecule has 0 saturated carbocycles. The van der Waals surface area contributed by atoms with Gasteiger partial charge in [-0.25, -0.2) is 0 Å². The predicted octanol–water partition coefficient (Wildman–Crippen LogP) is 2.42. The van der Waals surface area contributed by atoms with Crippen LogP contribution in [0.15, 0.2) is 60.7 Å². The molecule has 0 aliphatic heterocycles. The van der Waals surface area contributed by atoms with Gasteiger partial charge in [0.05, 0.1) is 26.3 Å². The first-order valence-corrected chi connectivity index (χ1v) is 10.6. The molecule has 29 heavy (non-hydrogen) atoms. The van der Waals surface area contributed by atoms with Crippen molar-refractivity contribution in [3.63, 3.8) is 0 Å². The van der Waals surface area contributed by atoms with Crippen LogP contribution in [-0.2, 0) is 11.3 Å². The molecule has 3 nitrogen and oxygen atoms in total. The largest absolute Gasteiger partial charge is 1.00 e. The molecule has 2 aromatic rings. The second-order valence-corrected chi connectivity index (χ2v) is 8.64. The van der Waals surface area contributed by atoms with Gasteiger partial charge in [0.15, 0.2) is 0 Å². The summed E-state index contributed by atoms with van der Waals surface area (Å²) in [6.45, 7) is 15.8. The van der Waals surface area contributed by atoms with Crippen molar-refractivity contribution in [3.8, 4) is 5.75 Å². The monoisotopic (exact) mass is 419 g/mol. The SMILES string of the molecule is CC(C)C[N+](CCOCCOc1ccccc1)(Cc1ccccc1)CC(C)C.[Cl-]. The molecule has 0 aliphatic rings. The number of nitrogens with zero attached hydrogens (tertiary/aromatic N) is 1. The molecule has 0 radical (unpaired) electrons. The number of hydrogen-bond donors (Lipinski definition) is 0. The highest BCUT2D eigenvalue weighted by Crippen LogP contribution is 2.20. The highest BCUT2D eigenvalue weighted by Gasteiger charge is 2.29. The number of hydrogen-bond acceptors (Lipinski definition) is 2. The predicted molar refractivity (Wildman–Crippen MR) is 117 cm³/mol. The molecule has 0 heterocycles. The number of halogens is 1. The van der Waals surface area contributed by atoms with Gasteiger partial charge < -0.3 is 26.4 Å². The molecule has 4 heteroatoms. The zero-order valence-corrected chi connectivity index (χ0v) is 19.3. The zero-order valence-electron chi connectivity index (χ0n) is 18.5. The van der Waals surface area contributed by atoms with Gasteiger partial charge in [0, 0.05) is 17.4 Å². The molecule has 0 bridgehead atoms. The summed E-state index contributed by atoms with van der Waals surface area (Å²) in [6.07, 6.45) is 0. The first-order chi connectivity index (χ1) is 13.5. The van der Waals surface area contributed by atoms with Crippen molar-refractivity contribution in [1.82, 2.24) is 0 Å². The van der Waals surface area contributed by atoms with Crippen LogP contribution in [0.5, 0.6) is 5.75 Å². The molecule has 0 amide bonds. The third-order valence-corrected chi connectivity index (χ3v) is 4.82. The minimum Gasteiger partial charge on any atom is -1.00 e. The van der Waals surface area contributed by atoms with Gasteiger partial charge in [-0.15, -0.1) is 0 Å². The average molecular weight is 420 g/mol. The van der Waals surface area contributed by atoms with Gasteiger partial charge in [0.2, 0.25) is 0 Å². The molecule has 0 N–H and O–H groups in total. The maximum atomic E-state index is 5.97. The second-order valence-electron chi connectivity index (χ2n) is 8.64.